The van der Waals surface area contributed by atoms with Crippen LogP contribution in [-0.2, 0) is 9.53 Å². The Bertz CT molecular complexity index is 281. The molecule has 1 aliphatic rings. The zero-order chi connectivity index (χ0) is 12.8. The Morgan fingerprint density at radius 1 is 1.41 bits per heavy atom. The van der Waals surface area contributed by atoms with E-state index in [4.69, 9.17) is 4.74 Å². The Balaban J connectivity index is 2.54. The number of carbonyl (C=O) groups excluding carboxylic acids is 2. The molecule has 5 nitrogen and oxygen atoms in total. The topological polar surface area (TPSA) is 49.9 Å². The number of carbonyl (C=O) groups is 2. The monoisotopic (exact) mass is 242 g/mol. The average Bonchev–Trinajstić information content (AvgIpc) is 2.37. The fourth-order valence-electron chi connectivity index (χ4n) is 1.98. The van der Waals surface area contributed by atoms with Crippen molar-refractivity contribution in [2.45, 2.75) is 26.7 Å². The van der Waals surface area contributed by atoms with Gasteiger partial charge in [-0.2, -0.15) is 0 Å². The molecule has 17 heavy (non-hydrogen) atoms. The SMILES string of the molecule is CCOC(=O)C1CCCN(C(=O)N(C)CC)C1. The lowest BCUT2D eigenvalue weighted by Gasteiger charge is -2.34. The van der Waals surface area contributed by atoms with E-state index < -0.39 is 0 Å². The van der Waals surface area contributed by atoms with Crippen molar-refractivity contribution in [3.05, 3.63) is 0 Å². The molecular weight excluding hydrogens is 220 g/mol. The Kier molecular flexibility index (Phi) is 5.25. The van der Waals surface area contributed by atoms with Gasteiger partial charge in [0, 0.05) is 26.7 Å². The van der Waals surface area contributed by atoms with Crippen LogP contribution in [0, 0.1) is 5.92 Å². The van der Waals surface area contributed by atoms with Crippen LogP contribution in [0.25, 0.3) is 0 Å². The molecule has 0 aromatic heterocycles. The molecule has 0 saturated carbocycles. The lowest BCUT2D eigenvalue weighted by Crippen LogP contribution is -2.47. The first-order valence-corrected chi connectivity index (χ1v) is 6.26. The Labute approximate surface area is 103 Å². The van der Waals surface area contributed by atoms with Crippen LogP contribution in [0.3, 0.4) is 0 Å². The first kappa shape index (κ1) is 13.8. The Hall–Kier alpha value is -1.26. The molecule has 98 valence electrons. The van der Waals surface area contributed by atoms with Crippen LogP contribution < -0.4 is 0 Å². The summed E-state index contributed by atoms with van der Waals surface area (Å²) in [7, 11) is 1.77. The van der Waals surface area contributed by atoms with Gasteiger partial charge in [0.05, 0.1) is 12.5 Å². The highest BCUT2D eigenvalue weighted by atomic mass is 16.5. The summed E-state index contributed by atoms with van der Waals surface area (Å²) in [5, 5.41) is 0. The Morgan fingerprint density at radius 2 is 2.12 bits per heavy atom. The summed E-state index contributed by atoms with van der Waals surface area (Å²) in [6, 6.07) is 0.00139. The highest BCUT2D eigenvalue weighted by Gasteiger charge is 2.30. The first-order valence-electron chi connectivity index (χ1n) is 6.26. The smallest absolute Gasteiger partial charge is 0.319 e. The molecule has 1 unspecified atom stereocenters. The maximum Gasteiger partial charge on any atom is 0.319 e. The average molecular weight is 242 g/mol. The molecule has 0 radical (unpaired) electrons. The number of ether oxygens (including phenoxy) is 1. The van der Waals surface area contributed by atoms with E-state index in [1.54, 1.807) is 23.8 Å². The van der Waals surface area contributed by atoms with Gasteiger partial charge < -0.3 is 14.5 Å². The van der Waals surface area contributed by atoms with Crippen molar-refractivity contribution in [1.29, 1.82) is 0 Å². The number of urea groups is 1. The van der Waals surface area contributed by atoms with Crippen LogP contribution in [0.5, 0.6) is 0 Å². The lowest BCUT2D eigenvalue weighted by atomic mass is 9.98. The van der Waals surface area contributed by atoms with Crippen molar-refractivity contribution >= 4 is 12.0 Å². The van der Waals surface area contributed by atoms with Crippen LogP contribution in [0.15, 0.2) is 0 Å². The van der Waals surface area contributed by atoms with Gasteiger partial charge in [-0.1, -0.05) is 0 Å². The number of hydrogen-bond donors (Lipinski definition) is 0. The van der Waals surface area contributed by atoms with Gasteiger partial charge in [0.1, 0.15) is 0 Å². The highest BCUT2D eigenvalue weighted by molar-refractivity contribution is 5.77. The van der Waals surface area contributed by atoms with E-state index in [9.17, 15) is 9.59 Å². The summed E-state index contributed by atoms with van der Waals surface area (Å²) in [6.45, 7) is 6.04. The van der Waals surface area contributed by atoms with E-state index in [1.807, 2.05) is 6.92 Å². The minimum Gasteiger partial charge on any atom is -0.466 e. The van der Waals surface area contributed by atoms with Crippen molar-refractivity contribution in [3.63, 3.8) is 0 Å². The third-order valence-electron chi connectivity index (χ3n) is 3.11. The number of piperidine rings is 1. The van der Waals surface area contributed by atoms with E-state index in [2.05, 4.69) is 0 Å². The normalized spacial score (nSPS) is 19.9. The first-order chi connectivity index (χ1) is 8.10. The summed E-state index contributed by atoms with van der Waals surface area (Å²) in [6.07, 6.45) is 1.69. The number of amides is 2. The van der Waals surface area contributed by atoms with Gasteiger partial charge in [-0.25, -0.2) is 4.79 Å². The van der Waals surface area contributed by atoms with E-state index >= 15 is 0 Å². The van der Waals surface area contributed by atoms with Crippen molar-refractivity contribution in [2.75, 3.05) is 33.3 Å². The molecule has 0 aromatic carbocycles. The van der Waals surface area contributed by atoms with E-state index in [0.29, 0.717) is 19.7 Å². The summed E-state index contributed by atoms with van der Waals surface area (Å²) in [5.74, 6) is -0.331. The summed E-state index contributed by atoms with van der Waals surface area (Å²) < 4.78 is 5.01. The van der Waals surface area contributed by atoms with Crippen LogP contribution in [-0.4, -0.2) is 55.1 Å². The third kappa shape index (κ3) is 3.61. The zero-order valence-electron chi connectivity index (χ0n) is 10.9. The second-order valence-electron chi connectivity index (χ2n) is 4.33. The Morgan fingerprint density at radius 3 is 2.71 bits per heavy atom. The molecule has 0 N–H and O–H groups in total. The minimum absolute atomic E-state index is 0.00139. The molecule has 1 saturated heterocycles. The summed E-state index contributed by atoms with van der Waals surface area (Å²) in [5.41, 5.74) is 0. The molecule has 0 aliphatic carbocycles. The molecule has 1 heterocycles. The highest BCUT2D eigenvalue weighted by Crippen LogP contribution is 2.18. The molecule has 0 spiro atoms. The van der Waals surface area contributed by atoms with Crippen LogP contribution in [0.1, 0.15) is 26.7 Å². The lowest BCUT2D eigenvalue weighted by molar-refractivity contribution is -0.149. The van der Waals surface area contributed by atoms with Gasteiger partial charge in [0.15, 0.2) is 0 Å². The van der Waals surface area contributed by atoms with Gasteiger partial charge in [-0.05, 0) is 26.7 Å². The summed E-state index contributed by atoms with van der Waals surface area (Å²) >= 11 is 0. The molecular formula is C12H22N2O3. The van der Waals surface area contributed by atoms with E-state index in [1.165, 1.54) is 0 Å². The molecule has 1 rings (SSSR count). The zero-order valence-corrected chi connectivity index (χ0v) is 10.9. The number of nitrogens with zero attached hydrogens (tertiary/aromatic N) is 2. The molecule has 0 aromatic rings. The van der Waals surface area contributed by atoms with Gasteiger partial charge in [0.25, 0.3) is 0 Å². The fourth-order valence-corrected chi connectivity index (χ4v) is 1.98. The standard InChI is InChI=1S/C12H22N2O3/c1-4-13(3)12(16)14-8-6-7-10(9-14)11(15)17-5-2/h10H,4-9H2,1-3H3. The second-order valence-corrected chi connectivity index (χ2v) is 4.33. The molecule has 2 amide bonds. The van der Waals surface area contributed by atoms with Crippen molar-refractivity contribution in [1.82, 2.24) is 9.80 Å². The quantitative estimate of drug-likeness (QED) is 0.702. The van der Waals surface area contributed by atoms with E-state index in [-0.39, 0.29) is 17.9 Å². The maximum absolute atomic E-state index is 12.0. The van der Waals surface area contributed by atoms with Gasteiger partial charge in [0.2, 0.25) is 0 Å². The number of likely N-dealkylation sites (tertiary alicyclic amines) is 1. The van der Waals surface area contributed by atoms with Crippen LogP contribution in [0.4, 0.5) is 4.79 Å². The number of hydrogen-bond acceptors (Lipinski definition) is 3. The van der Waals surface area contributed by atoms with Gasteiger partial charge in [-0.15, -0.1) is 0 Å². The fraction of sp³-hybridized carbons (Fsp3) is 0.833. The predicted molar refractivity (Wildman–Crippen MR) is 64.6 cm³/mol. The van der Waals surface area contributed by atoms with Gasteiger partial charge in [-0.3, -0.25) is 4.79 Å². The largest absolute Gasteiger partial charge is 0.466 e. The van der Waals surface area contributed by atoms with Crippen molar-refractivity contribution in [3.8, 4) is 0 Å². The minimum atomic E-state index is -0.177. The third-order valence-corrected chi connectivity index (χ3v) is 3.11. The molecule has 0 bridgehead atoms. The molecule has 1 aliphatic heterocycles. The van der Waals surface area contributed by atoms with Crippen LogP contribution >= 0.6 is 0 Å². The van der Waals surface area contributed by atoms with Crippen LogP contribution in [0.2, 0.25) is 0 Å². The molecule has 1 fully saturated rings. The molecule has 5 heteroatoms. The second kappa shape index (κ2) is 6.47. The van der Waals surface area contributed by atoms with Crippen molar-refractivity contribution < 1.29 is 14.3 Å². The number of rotatable bonds is 3. The van der Waals surface area contributed by atoms with E-state index in [0.717, 1.165) is 19.4 Å². The maximum atomic E-state index is 12.0. The van der Waals surface area contributed by atoms with Gasteiger partial charge >= 0.3 is 12.0 Å². The predicted octanol–water partition coefficient (Wildman–Crippen LogP) is 1.33. The number of esters is 1. The molecule has 1 atom stereocenters. The summed E-state index contributed by atoms with van der Waals surface area (Å²) in [4.78, 5) is 27.0. The van der Waals surface area contributed by atoms with Crippen molar-refractivity contribution in [2.24, 2.45) is 5.92 Å².